The number of carbonyl (C=O) groups excluding carboxylic acids is 1. The van der Waals surface area contributed by atoms with Crippen molar-refractivity contribution in [1.29, 1.82) is 0 Å². The highest BCUT2D eigenvalue weighted by Crippen LogP contribution is 2.28. The number of rotatable bonds is 1. The van der Waals surface area contributed by atoms with E-state index in [9.17, 15) is 4.79 Å². The van der Waals surface area contributed by atoms with E-state index in [-0.39, 0.29) is 0 Å². The lowest BCUT2D eigenvalue weighted by molar-refractivity contribution is -0.133. The smallest absolute Gasteiger partial charge is 0.222 e. The van der Waals surface area contributed by atoms with Crippen LogP contribution in [0, 0.1) is 6.42 Å². The van der Waals surface area contributed by atoms with Crippen LogP contribution >= 0.6 is 0 Å². The summed E-state index contributed by atoms with van der Waals surface area (Å²) in [6.07, 6.45) is 6.41. The largest absolute Gasteiger partial charge is 0.339 e. The van der Waals surface area contributed by atoms with Crippen LogP contribution < -0.4 is 0 Å². The zero-order chi connectivity index (χ0) is 6.97. The summed E-state index contributed by atoms with van der Waals surface area (Å²) < 4.78 is 0. The van der Waals surface area contributed by atoms with E-state index in [4.69, 9.17) is 0 Å². The predicted octanol–water partition coefficient (Wildman–Crippen LogP) is 0.975. The second-order valence-corrected chi connectivity index (χ2v) is 3.08. The van der Waals surface area contributed by atoms with Gasteiger partial charge >= 0.3 is 0 Å². The Morgan fingerprint density at radius 1 is 1.50 bits per heavy atom. The van der Waals surface area contributed by atoms with Gasteiger partial charge in [-0.2, -0.15) is 0 Å². The molecule has 10 heavy (non-hydrogen) atoms. The van der Waals surface area contributed by atoms with Gasteiger partial charge in [-0.3, -0.25) is 4.79 Å². The molecule has 1 saturated carbocycles. The van der Waals surface area contributed by atoms with Gasteiger partial charge in [0.2, 0.25) is 5.91 Å². The SMILES string of the molecule is O=C1CCCCN1C1[CH]C1. The van der Waals surface area contributed by atoms with Gasteiger partial charge in [0.25, 0.3) is 0 Å². The van der Waals surface area contributed by atoms with Gasteiger partial charge in [-0.05, 0) is 25.7 Å². The average Bonchev–Trinajstić information content (AvgIpc) is 2.71. The maximum atomic E-state index is 11.2. The molecule has 1 aliphatic carbocycles. The molecular weight excluding hydrogens is 126 g/mol. The molecule has 1 unspecified atom stereocenters. The molecule has 1 radical (unpaired) electrons. The molecule has 1 amide bonds. The van der Waals surface area contributed by atoms with Crippen molar-refractivity contribution in [2.45, 2.75) is 31.7 Å². The van der Waals surface area contributed by atoms with Crippen LogP contribution in [-0.4, -0.2) is 23.4 Å². The summed E-state index contributed by atoms with van der Waals surface area (Å²) in [6, 6.07) is 0.521. The minimum atomic E-state index is 0.366. The third-order valence-corrected chi connectivity index (χ3v) is 2.21. The molecule has 0 bridgehead atoms. The van der Waals surface area contributed by atoms with Gasteiger partial charge in [0.05, 0.1) is 0 Å². The fraction of sp³-hybridized carbons (Fsp3) is 0.750. The highest BCUT2D eigenvalue weighted by Gasteiger charge is 2.33. The second kappa shape index (κ2) is 2.26. The summed E-state index contributed by atoms with van der Waals surface area (Å²) in [4.78, 5) is 13.2. The Bertz CT molecular complexity index is 151. The maximum Gasteiger partial charge on any atom is 0.222 e. The highest BCUT2D eigenvalue weighted by molar-refractivity contribution is 5.77. The molecule has 0 aromatic carbocycles. The number of hydrogen-bond acceptors (Lipinski definition) is 1. The summed E-state index contributed by atoms with van der Waals surface area (Å²) in [5.41, 5.74) is 0. The molecule has 0 aromatic heterocycles. The first-order chi connectivity index (χ1) is 4.88. The van der Waals surface area contributed by atoms with Crippen molar-refractivity contribution in [3.05, 3.63) is 6.42 Å². The fourth-order valence-electron chi connectivity index (χ4n) is 1.49. The van der Waals surface area contributed by atoms with Crippen molar-refractivity contribution < 1.29 is 4.79 Å². The Hall–Kier alpha value is -0.530. The Balaban J connectivity index is 1.96. The second-order valence-electron chi connectivity index (χ2n) is 3.08. The van der Waals surface area contributed by atoms with E-state index in [1.165, 1.54) is 6.42 Å². The van der Waals surface area contributed by atoms with E-state index >= 15 is 0 Å². The van der Waals surface area contributed by atoms with Crippen molar-refractivity contribution >= 4 is 5.91 Å². The van der Waals surface area contributed by atoms with Crippen molar-refractivity contribution in [2.24, 2.45) is 0 Å². The molecule has 1 heterocycles. The Morgan fingerprint density at radius 2 is 2.30 bits per heavy atom. The van der Waals surface area contributed by atoms with Gasteiger partial charge in [0.1, 0.15) is 0 Å². The molecule has 0 aromatic rings. The Labute approximate surface area is 61.2 Å². The van der Waals surface area contributed by atoms with Gasteiger partial charge in [0, 0.05) is 19.0 Å². The number of carbonyl (C=O) groups is 1. The van der Waals surface area contributed by atoms with E-state index in [1.54, 1.807) is 0 Å². The van der Waals surface area contributed by atoms with Gasteiger partial charge in [0.15, 0.2) is 0 Å². The van der Waals surface area contributed by atoms with Gasteiger partial charge < -0.3 is 4.90 Å². The van der Waals surface area contributed by atoms with E-state index in [0.29, 0.717) is 11.9 Å². The molecule has 2 fully saturated rings. The highest BCUT2D eigenvalue weighted by atomic mass is 16.2. The third-order valence-electron chi connectivity index (χ3n) is 2.21. The quantitative estimate of drug-likeness (QED) is 0.529. The molecule has 2 aliphatic rings. The number of amides is 1. The zero-order valence-electron chi connectivity index (χ0n) is 6.05. The molecule has 1 aliphatic heterocycles. The van der Waals surface area contributed by atoms with Crippen molar-refractivity contribution in [3.8, 4) is 0 Å². The normalized spacial score (nSPS) is 27.2. The lowest BCUT2D eigenvalue weighted by Crippen LogP contribution is -2.36. The zero-order valence-corrected chi connectivity index (χ0v) is 6.05. The van der Waals surface area contributed by atoms with Gasteiger partial charge in [-0.25, -0.2) is 0 Å². The summed E-state index contributed by atoms with van der Waals surface area (Å²) in [6.45, 7) is 1.00. The number of nitrogens with zero attached hydrogens (tertiary/aromatic N) is 1. The van der Waals surface area contributed by atoms with Crippen LogP contribution in [0.2, 0.25) is 0 Å². The van der Waals surface area contributed by atoms with Crippen LogP contribution in [0.25, 0.3) is 0 Å². The molecule has 1 saturated heterocycles. The fourth-order valence-corrected chi connectivity index (χ4v) is 1.49. The standard InChI is InChI=1S/C8H12NO/c10-8-3-1-2-6-9(8)7-4-5-7/h4,7H,1-3,5-6H2. The summed E-state index contributed by atoms with van der Waals surface area (Å²) in [7, 11) is 0. The topological polar surface area (TPSA) is 20.3 Å². The van der Waals surface area contributed by atoms with Crippen LogP contribution in [-0.2, 0) is 4.79 Å². The Kier molecular flexibility index (Phi) is 1.40. The van der Waals surface area contributed by atoms with E-state index in [0.717, 1.165) is 25.8 Å². The molecule has 1 atom stereocenters. The van der Waals surface area contributed by atoms with Crippen LogP contribution in [0.5, 0.6) is 0 Å². The van der Waals surface area contributed by atoms with Crippen LogP contribution in [0.3, 0.4) is 0 Å². The van der Waals surface area contributed by atoms with Crippen molar-refractivity contribution in [3.63, 3.8) is 0 Å². The summed E-state index contributed by atoms with van der Waals surface area (Å²) in [5, 5.41) is 0. The number of hydrogen-bond donors (Lipinski definition) is 0. The summed E-state index contributed by atoms with van der Waals surface area (Å²) >= 11 is 0. The van der Waals surface area contributed by atoms with E-state index in [1.807, 2.05) is 4.90 Å². The average molecular weight is 138 g/mol. The van der Waals surface area contributed by atoms with Crippen molar-refractivity contribution in [1.82, 2.24) is 4.90 Å². The lowest BCUT2D eigenvalue weighted by atomic mass is 10.1. The van der Waals surface area contributed by atoms with Crippen LogP contribution in [0.4, 0.5) is 0 Å². The van der Waals surface area contributed by atoms with E-state index < -0.39 is 0 Å². The number of likely N-dealkylation sites (tertiary alicyclic amines) is 1. The van der Waals surface area contributed by atoms with Gasteiger partial charge in [-0.15, -0.1) is 0 Å². The van der Waals surface area contributed by atoms with Crippen LogP contribution in [0.1, 0.15) is 25.7 Å². The maximum absolute atomic E-state index is 11.2. The lowest BCUT2D eigenvalue weighted by Gasteiger charge is -2.26. The molecule has 2 rings (SSSR count). The molecular formula is C8H12NO. The minimum Gasteiger partial charge on any atom is -0.339 e. The molecule has 0 N–H and O–H groups in total. The summed E-state index contributed by atoms with van der Waals surface area (Å²) in [5.74, 6) is 0.366. The predicted molar refractivity (Wildman–Crippen MR) is 38.3 cm³/mol. The molecule has 2 nitrogen and oxygen atoms in total. The molecule has 0 spiro atoms. The molecule has 2 heteroatoms. The van der Waals surface area contributed by atoms with Gasteiger partial charge in [-0.1, -0.05) is 0 Å². The minimum absolute atomic E-state index is 0.366. The monoisotopic (exact) mass is 138 g/mol. The van der Waals surface area contributed by atoms with Crippen LogP contribution in [0.15, 0.2) is 0 Å². The molecule has 55 valence electrons. The van der Waals surface area contributed by atoms with E-state index in [2.05, 4.69) is 6.42 Å². The first-order valence-electron chi connectivity index (χ1n) is 4.01. The third kappa shape index (κ3) is 1.02. The first kappa shape index (κ1) is 6.20. The number of piperidine rings is 1. The Morgan fingerprint density at radius 3 is 2.90 bits per heavy atom. The first-order valence-corrected chi connectivity index (χ1v) is 4.01. The van der Waals surface area contributed by atoms with Crippen molar-refractivity contribution in [2.75, 3.05) is 6.54 Å².